The highest BCUT2D eigenvalue weighted by atomic mass is 28.5. The molecule has 0 aromatic rings. The maximum atomic E-state index is 7.26. The van der Waals surface area contributed by atoms with Crippen molar-refractivity contribution in [3.05, 3.63) is 0 Å². The molecule has 0 saturated carbocycles. The second kappa shape index (κ2) is 22.0. The molecule has 23 heteroatoms. The van der Waals surface area contributed by atoms with Gasteiger partial charge in [-0.2, -0.15) is 0 Å². The quantitative estimate of drug-likeness (QED) is 0.100. The Morgan fingerprint density at radius 2 is 0.489 bits per heavy atom. The molecule has 0 spiro atoms. The van der Waals surface area contributed by atoms with E-state index in [2.05, 4.69) is 131 Å². The van der Waals surface area contributed by atoms with Crippen molar-refractivity contribution in [3.8, 4) is 0 Å². The van der Waals surface area contributed by atoms with Crippen LogP contribution in [0.1, 0.15) is 0 Å². The second-order valence-corrected chi connectivity index (χ2v) is 54.6. The van der Waals surface area contributed by atoms with Gasteiger partial charge in [-0.05, 0) is 143 Å². The fourth-order valence-corrected chi connectivity index (χ4v) is 51.4. The topological polar surface area (TPSA) is 92.3 Å². The van der Waals surface area contributed by atoms with Gasteiger partial charge in [0.15, 0.2) is 89.0 Å². The number of hydrogen-bond donors (Lipinski definition) is 0. The first kappa shape index (κ1) is 49.4. The van der Waals surface area contributed by atoms with E-state index in [1.54, 1.807) is 0 Å². The van der Waals surface area contributed by atoms with Crippen LogP contribution in [0.3, 0.4) is 0 Å². The first-order chi connectivity index (χ1) is 21.2. The Morgan fingerprint density at radius 1 is 0.298 bits per heavy atom. The zero-order chi connectivity index (χ0) is 37.0. The van der Waals surface area contributed by atoms with Crippen molar-refractivity contribution < 1.29 is 41.2 Å². The van der Waals surface area contributed by atoms with E-state index in [0.29, 0.717) is 0 Å². The van der Waals surface area contributed by atoms with Crippen molar-refractivity contribution in [2.24, 2.45) is 0 Å². The molecule has 0 aromatic heterocycles. The average Bonchev–Trinajstić information content (AvgIpc) is 2.77. The van der Waals surface area contributed by atoms with E-state index < -0.39 is 116 Å². The molecular weight excluding hydrogens is 813 g/mol. The maximum absolute atomic E-state index is 7.26. The Kier molecular flexibility index (Phi) is 23.1. The van der Waals surface area contributed by atoms with E-state index in [1.807, 2.05) is 0 Å². The van der Waals surface area contributed by atoms with Gasteiger partial charge in [-0.25, -0.2) is 0 Å². The Bertz CT molecular complexity index is 747. The van der Waals surface area contributed by atoms with Crippen LogP contribution in [0, 0.1) is 0 Å². The molecule has 10 nitrogen and oxygen atoms in total. The van der Waals surface area contributed by atoms with Gasteiger partial charge in [-0.3, -0.25) is 0 Å². The summed E-state index contributed by atoms with van der Waals surface area (Å²) < 4.78 is 68.6. The van der Waals surface area contributed by atoms with E-state index in [9.17, 15) is 0 Å². The Balaban J connectivity index is 6.55. The minimum atomic E-state index is -3.49. The van der Waals surface area contributed by atoms with Crippen LogP contribution in [0.2, 0.25) is 155 Å². The van der Waals surface area contributed by atoms with Gasteiger partial charge in [0.2, 0.25) is 0 Å². The van der Waals surface area contributed by atoms with E-state index in [4.69, 9.17) is 41.2 Å². The van der Waals surface area contributed by atoms with Gasteiger partial charge >= 0.3 is 26.7 Å². The molecule has 47 heavy (non-hydrogen) atoms. The van der Waals surface area contributed by atoms with Gasteiger partial charge < -0.3 is 41.2 Å². The summed E-state index contributed by atoms with van der Waals surface area (Å²) in [5, 5.41) is 0. The van der Waals surface area contributed by atoms with E-state index in [-0.39, 0.29) is 0 Å². The smallest absolute Gasteiger partial charge is 0.420 e. The summed E-state index contributed by atoms with van der Waals surface area (Å²) in [6, 6.07) is 3.23. The molecule has 0 heterocycles. The van der Waals surface area contributed by atoms with E-state index in [0.717, 1.165) is 24.2 Å². The molecule has 0 radical (unpaired) electrons. The summed E-state index contributed by atoms with van der Waals surface area (Å²) >= 11 is 0. The highest BCUT2D eigenvalue weighted by Crippen LogP contribution is 2.34. The molecule has 0 aliphatic rings. The van der Waals surface area contributed by atoms with Crippen LogP contribution in [-0.4, -0.2) is 116 Å². The van der Waals surface area contributed by atoms with Crippen molar-refractivity contribution in [2.45, 2.75) is 155 Å². The van der Waals surface area contributed by atoms with Crippen molar-refractivity contribution in [2.75, 3.05) is 0 Å². The Hall–Kier alpha value is 2.42. The molecule has 0 aliphatic heterocycles. The van der Waals surface area contributed by atoms with Gasteiger partial charge in [0.1, 0.15) is 0 Å². The SMILES string of the molecule is C[SiH](C)O[Si](CC[Si](C)(C)O[Si](O[SiH](C)C)(O[SiH](C)C)O[Si](C)(C)CC[Si](O[SiH](C)C)(O[SiH](C)C)O[SiH](C)C)(O[SiH](C)C)O[SiH](C)C. The lowest BCUT2D eigenvalue weighted by molar-refractivity contribution is 0.154. The van der Waals surface area contributed by atoms with Crippen molar-refractivity contribution in [1.82, 2.24) is 0 Å². The van der Waals surface area contributed by atoms with Crippen LogP contribution >= 0.6 is 0 Å². The van der Waals surface area contributed by atoms with Gasteiger partial charge in [0, 0.05) is 12.1 Å². The third kappa shape index (κ3) is 22.3. The van der Waals surface area contributed by atoms with Crippen LogP contribution in [0.5, 0.6) is 0 Å². The maximum Gasteiger partial charge on any atom is 0.636 e. The standard InChI is InChI=1S/C24H76O10Si13/c1-35(2)25-45(26-36(3)4,27-37(5)6)23-21-43(17,18)33-47(31-41(13)14,32-42(15)16)34-44(19,20)22-24-46(28-38(7)8,29-39(9)10)30-40(11)12/h35-42H,21-24H2,1-20H3. The van der Waals surface area contributed by atoms with Crippen LogP contribution in [0.15, 0.2) is 0 Å². The van der Waals surface area contributed by atoms with Gasteiger partial charge in [0.05, 0.1) is 0 Å². The van der Waals surface area contributed by atoms with Crippen LogP contribution in [-0.2, 0) is 41.2 Å². The lowest BCUT2D eigenvalue weighted by Gasteiger charge is -2.43. The van der Waals surface area contributed by atoms with Crippen molar-refractivity contribution in [1.29, 1.82) is 0 Å². The molecule has 0 aromatic carbocycles. The largest absolute Gasteiger partial charge is 0.636 e. The Labute approximate surface area is 309 Å². The molecule has 0 N–H and O–H groups in total. The molecule has 0 unspecified atom stereocenters. The van der Waals surface area contributed by atoms with E-state index in [1.165, 1.54) is 0 Å². The zero-order valence-electron chi connectivity index (χ0n) is 34.0. The fraction of sp³-hybridized carbons (Fsp3) is 1.00. The van der Waals surface area contributed by atoms with E-state index >= 15 is 0 Å². The summed E-state index contributed by atoms with van der Waals surface area (Å²) in [6.45, 7) is 44.4. The summed E-state index contributed by atoms with van der Waals surface area (Å²) in [4.78, 5) is 0. The summed E-state index contributed by atoms with van der Waals surface area (Å²) in [5.74, 6) is 0. The molecule has 284 valence electrons. The average molecular weight is 890 g/mol. The lowest BCUT2D eigenvalue weighted by atomic mass is 10.9. The molecule has 0 rings (SSSR count). The zero-order valence-corrected chi connectivity index (χ0v) is 48.3. The molecule has 0 saturated heterocycles. The van der Waals surface area contributed by atoms with Gasteiger partial charge in [-0.1, -0.05) is 0 Å². The van der Waals surface area contributed by atoms with Crippen molar-refractivity contribution >= 4 is 116 Å². The predicted octanol–water partition coefficient (Wildman–Crippen LogP) is 5.74. The fourth-order valence-electron chi connectivity index (χ4n) is 5.08. The Morgan fingerprint density at radius 3 is 0.660 bits per heavy atom. The first-order valence-corrected chi connectivity index (χ1v) is 52.0. The van der Waals surface area contributed by atoms with Crippen LogP contribution in [0.25, 0.3) is 0 Å². The van der Waals surface area contributed by atoms with Crippen molar-refractivity contribution in [3.63, 3.8) is 0 Å². The van der Waals surface area contributed by atoms with Crippen LogP contribution in [0.4, 0.5) is 0 Å². The summed E-state index contributed by atoms with van der Waals surface area (Å²) in [6.07, 6.45) is 0. The molecular formula is C24H76O10Si13. The third-order valence-corrected chi connectivity index (χ3v) is 44.2. The molecule has 0 fully saturated rings. The number of rotatable bonds is 26. The minimum absolute atomic E-state index is 0.773. The molecule has 0 aliphatic carbocycles. The highest BCUT2D eigenvalue weighted by molar-refractivity contribution is 6.90. The second-order valence-electron chi connectivity index (χ2n) is 15.9. The minimum Gasteiger partial charge on any atom is -0.420 e. The van der Waals surface area contributed by atoms with Gasteiger partial charge in [-0.15, -0.1) is 0 Å². The monoisotopic (exact) mass is 888 g/mol. The number of hydrogen-bond acceptors (Lipinski definition) is 10. The third-order valence-electron chi connectivity index (χ3n) is 6.12. The lowest BCUT2D eigenvalue weighted by Crippen LogP contribution is -2.63. The van der Waals surface area contributed by atoms with Crippen LogP contribution < -0.4 is 0 Å². The summed E-state index contributed by atoms with van der Waals surface area (Å²) in [5.41, 5.74) is 0. The molecule has 0 atom stereocenters. The molecule has 0 amide bonds. The predicted molar refractivity (Wildman–Crippen MR) is 233 cm³/mol. The highest BCUT2D eigenvalue weighted by Gasteiger charge is 2.56. The normalized spacial score (nSPS) is 14.6. The first-order valence-electron chi connectivity index (χ1n) is 18.0. The summed E-state index contributed by atoms with van der Waals surface area (Å²) in [7, 11) is -25.6. The molecule has 0 bridgehead atoms. The van der Waals surface area contributed by atoms with Gasteiger partial charge in [0.25, 0.3) is 0 Å².